The molecule has 4 heterocycles. The molecule has 0 N–H and O–H groups in total. The normalized spacial score (nSPS) is 23.3. The molecule has 2 aromatic rings. The quantitative estimate of drug-likeness (QED) is 0.819. The van der Waals surface area contributed by atoms with E-state index in [0.717, 1.165) is 37.6 Å². The number of halogens is 2. The maximum Gasteiger partial charge on any atom is 0.387 e. The highest BCUT2D eigenvalue weighted by molar-refractivity contribution is 5.36. The fourth-order valence-corrected chi connectivity index (χ4v) is 4.03. The SMILES string of the molecule is FC(F)Oc1ccc(CN2C[C@H]3CC[C@@H]2CN(c2cnccn2)C3)cc1. The summed E-state index contributed by atoms with van der Waals surface area (Å²) in [6.07, 6.45) is 7.68. The molecule has 5 rings (SSSR count). The minimum Gasteiger partial charge on any atom is -0.435 e. The third-order valence-electron chi connectivity index (χ3n) is 5.23. The lowest BCUT2D eigenvalue weighted by molar-refractivity contribution is -0.0498. The first kappa shape index (κ1) is 17.1. The number of alkyl halides is 2. The van der Waals surface area contributed by atoms with Crippen molar-refractivity contribution in [2.45, 2.75) is 32.0 Å². The van der Waals surface area contributed by atoms with Gasteiger partial charge in [0.1, 0.15) is 11.6 Å². The van der Waals surface area contributed by atoms with Crippen molar-refractivity contribution in [3.05, 3.63) is 48.4 Å². The van der Waals surface area contributed by atoms with Gasteiger partial charge in [-0.2, -0.15) is 8.78 Å². The molecule has 1 aromatic heterocycles. The van der Waals surface area contributed by atoms with E-state index < -0.39 is 6.61 Å². The van der Waals surface area contributed by atoms with Crippen LogP contribution in [-0.4, -0.2) is 47.2 Å². The van der Waals surface area contributed by atoms with Gasteiger partial charge in [-0.3, -0.25) is 9.88 Å². The number of benzene rings is 1. The van der Waals surface area contributed by atoms with Gasteiger partial charge in [-0.25, -0.2) is 4.98 Å². The van der Waals surface area contributed by atoms with Crippen molar-refractivity contribution < 1.29 is 13.5 Å². The maximum atomic E-state index is 12.3. The summed E-state index contributed by atoms with van der Waals surface area (Å²) in [5.41, 5.74) is 1.12. The van der Waals surface area contributed by atoms with Gasteiger partial charge in [0.25, 0.3) is 0 Å². The van der Waals surface area contributed by atoms with Gasteiger partial charge in [0, 0.05) is 44.6 Å². The van der Waals surface area contributed by atoms with Crippen molar-refractivity contribution >= 4 is 5.82 Å². The number of hydrogen-bond acceptors (Lipinski definition) is 5. The van der Waals surface area contributed by atoms with Crippen molar-refractivity contribution in [2.24, 2.45) is 5.92 Å². The molecule has 3 saturated heterocycles. The summed E-state index contributed by atoms with van der Waals surface area (Å²) in [4.78, 5) is 13.5. The monoisotopic (exact) mass is 360 g/mol. The molecule has 7 heteroatoms. The Morgan fingerprint density at radius 1 is 1.08 bits per heavy atom. The minimum atomic E-state index is -2.78. The number of rotatable bonds is 5. The summed E-state index contributed by atoms with van der Waals surface area (Å²) in [7, 11) is 0. The van der Waals surface area contributed by atoms with Crippen molar-refractivity contribution in [1.82, 2.24) is 14.9 Å². The summed E-state index contributed by atoms with van der Waals surface area (Å²) in [6, 6.07) is 7.44. The third kappa shape index (κ3) is 3.93. The van der Waals surface area contributed by atoms with Crippen LogP contribution in [0, 0.1) is 5.92 Å². The zero-order chi connectivity index (χ0) is 17.9. The van der Waals surface area contributed by atoms with Gasteiger partial charge in [-0.15, -0.1) is 0 Å². The number of nitrogens with zero attached hydrogens (tertiary/aromatic N) is 4. The van der Waals surface area contributed by atoms with E-state index in [0.29, 0.717) is 12.0 Å². The second-order valence-corrected chi connectivity index (χ2v) is 7.02. The third-order valence-corrected chi connectivity index (χ3v) is 5.23. The predicted octanol–water partition coefficient (Wildman–Crippen LogP) is 3.18. The smallest absolute Gasteiger partial charge is 0.387 e. The molecule has 0 aliphatic carbocycles. The van der Waals surface area contributed by atoms with Crippen LogP contribution in [0.15, 0.2) is 42.9 Å². The van der Waals surface area contributed by atoms with E-state index in [1.807, 2.05) is 18.3 Å². The fraction of sp³-hybridized carbons (Fsp3) is 0.474. The van der Waals surface area contributed by atoms with Crippen LogP contribution >= 0.6 is 0 Å². The number of hydrogen-bond donors (Lipinski definition) is 0. The Bertz CT molecular complexity index is 713. The van der Waals surface area contributed by atoms with Gasteiger partial charge in [0.05, 0.1) is 6.20 Å². The molecular weight excluding hydrogens is 338 g/mol. The summed E-state index contributed by atoms with van der Waals surface area (Å²) >= 11 is 0. The number of ether oxygens (including phenoxy) is 1. The van der Waals surface area contributed by atoms with Crippen molar-refractivity contribution in [3.63, 3.8) is 0 Å². The molecule has 3 aliphatic heterocycles. The first-order chi connectivity index (χ1) is 12.7. The van der Waals surface area contributed by atoms with Crippen LogP contribution < -0.4 is 9.64 Å². The van der Waals surface area contributed by atoms with Crippen LogP contribution in [0.3, 0.4) is 0 Å². The van der Waals surface area contributed by atoms with E-state index in [4.69, 9.17) is 0 Å². The second kappa shape index (κ2) is 7.53. The molecule has 0 unspecified atom stereocenters. The van der Waals surface area contributed by atoms with Crippen molar-refractivity contribution in [2.75, 3.05) is 24.5 Å². The number of anilines is 1. The van der Waals surface area contributed by atoms with Gasteiger partial charge in [0.2, 0.25) is 0 Å². The highest BCUT2D eigenvalue weighted by atomic mass is 19.3. The summed E-state index contributed by atoms with van der Waals surface area (Å²) in [6.45, 7) is 1.05. The van der Waals surface area contributed by atoms with Crippen molar-refractivity contribution in [1.29, 1.82) is 0 Å². The van der Waals surface area contributed by atoms with Crippen LogP contribution in [0.2, 0.25) is 0 Å². The maximum absolute atomic E-state index is 12.3. The van der Waals surface area contributed by atoms with Crippen LogP contribution in [0.1, 0.15) is 18.4 Å². The molecule has 26 heavy (non-hydrogen) atoms. The molecule has 138 valence electrons. The summed E-state index contributed by atoms with van der Waals surface area (Å²) < 4.78 is 29.0. The highest BCUT2D eigenvalue weighted by Gasteiger charge is 2.35. The zero-order valence-corrected chi connectivity index (χ0v) is 14.5. The van der Waals surface area contributed by atoms with Crippen molar-refractivity contribution in [3.8, 4) is 5.75 Å². The molecule has 1 aromatic carbocycles. The Kier molecular flexibility index (Phi) is 4.97. The minimum absolute atomic E-state index is 0.204. The van der Waals surface area contributed by atoms with E-state index in [-0.39, 0.29) is 5.75 Å². The Balaban J connectivity index is 1.43. The van der Waals surface area contributed by atoms with E-state index in [2.05, 4.69) is 24.5 Å². The van der Waals surface area contributed by atoms with Crippen LogP contribution in [0.25, 0.3) is 0 Å². The molecule has 2 atom stereocenters. The van der Waals surface area contributed by atoms with Gasteiger partial charge >= 0.3 is 6.61 Å². The lowest BCUT2D eigenvalue weighted by Gasteiger charge is -2.36. The van der Waals surface area contributed by atoms with Crippen LogP contribution in [-0.2, 0) is 6.54 Å². The molecule has 0 radical (unpaired) electrons. The summed E-state index contributed by atoms with van der Waals surface area (Å²) in [5.74, 6) is 1.76. The molecule has 3 fully saturated rings. The lowest BCUT2D eigenvalue weighted by atomic mass is 9.94. The first-order valence-electron chi connectivity index (χ1n) is 8.96. The zero-order valence-electron chi connectivity index (χ0n) is 14.5. The fourth-order valence-electron chi connectivity index (χ4n) is 4.03. The van der Waals surface area contributed by atoms with Crippen LogP contribution in [0.4, 0.5) is 14.6 Å². The van der Waals surface area contributed by atoms with Gasteiger partial charge in [-0.1, -0.05) is 12.1 Å². The average Bonchev–Trinajstić information content (AvgIpc) is 2.96. The standard InChI is InChI=1S/C19H22F2N4O/c20-19(21)26-17-5-2-14(3-6-17)10-24-11-15-1-4-16(24)13-25(12-15)18-9-22-7-8-23-18/h2-3,5-9,15-16,19H,1,4,10-13H2/t15-,16-/m1/s1. The Morgan fingerprint density at radius 2 is 1.92 bits per heavy atom. The molecule has 0 amide bonds. The number of fused-ring (bicyclic) bond motifs is 4. The van der Waals surface area contributed by atoms with Gasteiger partial charge in [0.15, 0.2) is 0 Å². The van der Waals surface area contributed by atoms with Crippen LogP contribution in [0.5, 0.6) is 5.75 Å². The summed E-state index contributed by atoms with van der Waals surface area (Å²) in [5, 5.41) is 0. The Hall–Kier alpha value is -2.28. The second-order valence-electron chi connectivity index (χ2n) is 7.02. The Labute approximate surface area is 151 Å². The molecular formula is C19H22F2N4O. The average molecular weight is 360 g/mol. The van der Waals surface area contributed by atoms with E-state index >= 15 is 0 Å². The van der Waals surface area contributed by atoms with E-state index in [1.165, 1.54) is 12.8 Å². The molecule has 3 aliphatic rings. The number of piperidine rings is 1. The van der Waals surface area contributed by atoms with Gasteiger partial charge < -0.3 is 9.64 Å². The molecule has 5 nitrogen and oxygen atoms in total. The molecule has 2 bridgehead atoms. The number of aromatic nitrogens is 2. The topological polar surface area (TPSA) is 41.5 Å². The van der Waals surface area contributed by atoms with Gasteiger partial charge in [-0.05, 0) is 36.5 Å². The molecule has 0 spiro atoms. The Morgan fingerprint density at radius 3 is 2.65 bits per heavy atom. The highest BCUT2D eigenvalue weighted by Crippen LogP contribution is 2.31. The first-order valence-corrected chi connectivity index (χ1v) is 8.96. The molecule has 0 saturated carbocycles. The van der Waals surface area contributed by atoms with E-state index in [9.17, 15) is 8.78 Å². The largest absolute Gasteiger partial charge is 0.435 e. The predicted molar refractivity (Wildman–Crippen MR) is 94.2 cm³/mol. The lowest BCUT2D eigenvalue weighted by Crippen LogP contribution is -2.43. The van der Waals surface area contributed by atoms with E-state index in [1.54, 1.807) is 24.5 Å².